The van der Waals surface area contributed by atoms with E-state index in [2.05, 4.69) is 11.9 Å². The van der Waals surface area contributed by atoms with Gasteiger partial charge in [0.1, 0.15) is 0 Å². The Labute approximate surface area is 154 Å². The van der Waals surface area contributed by atoms with Crippen LogP contribution in [0.1, 0.15) is 31.2 Å². The van der Waals surface area contributed by atoms with Gasteiger partial charge in [-0.25, -0.2) is 0 Å². The molecule has 1 N–H and O–H groups in total. The normalized spacial score (nSPS) is 14.4. The molecule has 0 radical (unpaired) electrons. The molecule has 0 aromatic heterocycles. The summed E-state index contributed by atoms with van der Waals surface area (Å²) < 4.78 is 0. The van der Waals surface area contributed by atoms with E-state index < -0.39 is 4.92 Å². The Bertz CT molecular complexity index is 589. The number of halogens is 1. The van der Waals surface area contributed by atoms with Crippen LogP contribution in [-0.2, 0) is 11.3 Å². The lowest BCUT2D eigenvalue weighted by Gasteiger charge is -2.25. The molecule has 1 amide bonds. The van der Waals surface area contributed by atoms with Crippen LogP contribution in [0.5, 0.6) is 0 Å². The minimum absolute atomic E-state index is 0. The van der Waals surface area contributed by atoms with E-state index in [-0.39, 0.29) is 24.0 Å². The van der Waals surface area contributed by atoms with Gasteiger partial charge in [0, 0.05) is 31.6 Å². The average molecular weight is 368 g/mol. The van der Waals surface area contributed by atoms with Gasteiger partial charge in [0.15, 0.2) is 0 Å². The van der Waals surface area contributed by atoms with Gasteiger partial charge in [0.25, 0.3) is 5.69 Å². The number of nitro benzene ring substituents is 1. The summed E-state index contributed by atoms with van der Waals surface area (Å²) in [4.78, 5) is 24.7. The number of benzene rings is 1. The summed E-state index contributed by atoms with van der Waals surface area (Å²) in [6.45, 7) is 6.60. The molecule has 0 atom stereocenters. The number of hydrogen-bond acceptors (Lipinski definition) is 4. The molecule has 1 saturated heterocycles. The third kappa shape index (κ3) is 6.84. The molecule has 1 aliphatic rings. The summed E-state index contributed by atoms with van der Waals surface area (Å²) >= 11 is 0. The van der Waals surface area contributed by atoms with Crippen LogP contribution in [0.2, 0.25) is 0 Å². The molecule has 0 spiro atoms. The number of amides is 1. The standard InChI is InChI=1S/C18H25N3O3.ClH/c1-2-12-20(14-16-4-3-5-17(13-16)21(23)24)18(22)7-6-15-8-10-19-11-9-15;/h2-5,13,15,19H,1,6-12,14H2;1H. The van der Waals surface area contributed by atoms with Crippen molar-refractivity contribution < 1.29 is 9.72 Å². The molecule has 0 unspecified atom stereocenters. The first-order chi connectivity index (χ1) is 11.6. The second kappa shape index (κ2) is 10.8. The maximum atomic E-state index is 12.5. The lowest BCUT2D eigenvalue weighted by molar-refractivity contribution is -0.384. The van der Waals surface area contributed by atoms with Crippen molar-refractivity contribution in [3.8, 4) is 0 Å². The molecule has 1 aliphatic heterocycles. The van der Waals surface area contributed by atoms with Crippen molar-refractivity contribution in [2.45, 2.75) is 32.2 Å². The number of carbonyl (C=O) groups excluding carboxylic acids is 1. The van der Waals surface area contributed by atoms with Gasteiger partial charge in [0.2, 0.25) is 5.91 Å². The van der Waals surface area contributed by atoms with Gasteiger partial charge in [-0.3, -0.25) is 14.9 Å². The van der Waals surface area contributed by atoms with Crippen LogP contribution < -0.4 is 5.32 Å². The van der Waals surface area contributed by atoms with Crippen molar-refractivity contribution >= 4 is 24.0 Å². The van der Waals surface area contributed by atoms with Gasteiger partial charge in [-0.05, 0) is 43.8 Å². The second-order valence-corrected chi connectivity index (χ2v) is 6.22. The summed E-state index contributed by atoms with van der Waals surface area (Å²) in [6, 6.07) is 6.44. The van der Waals surface area contributed by atoms with Crippen LogP contribution in [0.4, 0.5) is 5.69 Å². The van der Waals surface area contributed by atoms with Crippen molar-refractivity contribution in [2.24, 2.45) is 5.92 Å². The van der Waals surface area contributed by atoms with Crippen LogP contribution in [0.15, 0.2) is 36.9 Å². The van der Waals surface area contributed by atoms with Crippen LogP contribution in [-0.4, -0.2) is 35.4 Å². The maximum Gasteiger partial charge on any atom is 0.269 e. The van der Waals surface area contributed by atoms with Gasteiger partial charge in [-0.15, -0.1) is 19.0 Å². The molecule has 2 rings (SSSR count). The lowest BCUT2D eigenvalue weighted by Crippen LogP contribution is -2.32. The Kier molecular flexibility index (Phi) is 9.16. The highest BCUT2D eigenvalue weighted by molar-refractivity contribution is 5.85. The Morgan fingerprint density at radius 1 is 1.40 bits per heavy atom. The van der Waals surface area contributed by atoms with E-state index in [9.17, 15) is 14.9 Å². The predicted octanol–water partition coefficient (Wildman–Crippen LogP) is 3.31. The summed E-state index contributed by atoms with van der Waals surface area (Å²) in [6.07, 6.45) is 5.37. The molecule has 1 heterocycles. The zero-order chi connectivity index (χ0) is 17.4. The van der Waals surface area contributed by atoms with Crippen molar-refractivity contribution in [3.05, 3.63) is 52.6 Å². The third-order valence-corrected chi connectivity index (χ3v) is 4.42. The molecule has 0 aliphatic carbocycles. The van der Waals surface area contributed by atoms with Gasteiger partial charge in [-0.1, -0.05) is 18.2 Å². The van der Waals surface area contributed by atoms with Crippen molar-refractivity contribution in [3.63, 3.8) is 0 Å². The minimum Gasteiger partial charge on any atom is -0.335 e. The Morgan fingerprint density at radius 2 is 2.12 bits per heavy atom. The monoisotopic (exact) mass is 367 g/mol. The van der Waals surface area contributed by atoms with Crippen molar-refractivity contribution in [2.75, 3.05) is 19.6 Å². The van der Waals surface area contributed by atoms with E-state index in [4.69, 9.17) is 0 Å². The zero-order valence-corrected chi connectivity index (χ0v) is 15.2. The molecule has 1 fully saturated rings. The lowest BCUT2D eigenvalue weighted by atomic mass is 9.93. The second-order valence-electron chi connectivity index (χ2n) is 6.22. The molecule has 0 bridgehead atoms. The number of nitrogens with zero attached hydrogens (tertiary/aromatic N) is 2. The van der Waals surface area contributed by atoms with Gasteiger partial charge in [-0.2, -0.15) is 0 Å². The van der Waals surface area contributed by atoms with E-state index in [0.29, 0.717) is 25.4 Å². The summed E-state index contributed by atoms with van der Waals surface area (Å²) in [7, 11) is 0. The van der Waals surface area contributed by atoms with E-state index in [1.165, 1.54) is 12.1 Å². The first kappa shape index (κ1) is 21.1. The number of nitrogens with one attached hydrogen (secondary N) is 1. The fraction of sp³-hybridized carbons (Fsp3) is 0.500. The Balaban J connectivity index is 0.00000312. The number of carbonyl (C=O) groups is 1. The highest BCUT2D eigenvalue weighted by Gasteiger charge is 2.18. The smallest absolute Gasteiger partial charge is 0.269 e. The fourth-order valence-electron chi connectivity index (χ4n) is 3.06. The predicted molar refractivity (Wildman–Crippen MR) is 101 cm³/mol. The highest BCUT2D eigenvalue weighted by atomic mass is 35.5. The van der Waals surface area contributed by atoms with Gasteiger partial charge >= 0.3 is 0 Å². The molecule has 7 heteroatoms. The highest BCUT2D eigenvalue weighted by Crippen LogP contribution is 2.20. The van der Waals surface area contributed by atoms with Crippen molar-refractivity contribution in [1.29, 1.82) is 0 Å². The van der Waals surface area contributed by atoms with Crippen LogP contribution in [0.3, 0.4) is 0 Å². The molecule has 138 valence electrons. The van der Waals surface area contributed by atoms with Crippen LogP contribution in [0.25, 0.3) is 0 Å². The number of non-ortho nitro benzene ring substituents is 1. The summed E-state index contributed by atoms with van der Waals surface area (Å²) in [5.74, 6) is 0.693. The number of rotatable bonds is 8. The number of nitro groups is 1. The van der Waals surface area contributed by atoms with Gasteiger partial charge in [0.05, 0.1) is 4.92 Å². The Morgan fingerprint density at radius 3 is 2.76 bits per heavy atom. The van der Waals surface area contributed by atoms with E-state index in [0.717, 1.165) is 37.9 Å². The Hall–Kier alpha value is -1.92. The van der Waals surface area contributed by atoms with Gasteiger partial charge < -0.3 is 10.2 Å². The quantitative estimate of drug-likeness (QED) is 0.434. The van der Waals surface area contributed by atoms with Crippen LogP contribution >= 0.6 is 12.4 Å². The largest absolute Gasteiger partial charge is 0.335 e. The van der Waals surface area contributed by atoms with E-state index in [1.807, 2.05) is 6.07 Å². The topological polar surface area (TPSA) is 75.5 Å². The fourth-order valence-corrected chi connectivity index (χ4v) is 3.06. The molecular formula is C18H26ClN3O3. The zero-order valence-electron chi connectivity index (χ0n) is 14.4. The first-order valence-electron chi connectivity index (χ1n) is 8.43. The SMILES string of the molecule is C=CCN(Cc1cccc([N+](=O)[O-])c1)C(=O)CCC1CCNCC1.Cl. The van der Waals surface area contributed by atoms with E-state index >= 15 is 0 Å². The van der Waals surface area contributed by atoms with E-state index in [1.54, 1.807) is 17.0 Å². The third-order valence-electron chi connectivity index (χ3n) is 4.42. The molecular weight excluding hydrogens is 342 g/mol. The molecule has 1 aromatic carbocycles. The molecule has 1 aromatic rings. The molecule has 25 heavy (non-hydrogen) atoms. The maximum absolute atomic E-state index is 12.5. The first-order valence-corrected chi connectivity index (χ1v) is 8.43. The van der Waals surface area contributed by atoms with Crippen LogP contribution in [0, 0.1) is 16.0 Å². The summed E-state index contributed by atoms with van der Waals surface area (Å²) in [5, 5.41) is 14.2. The summed E-state index contributed by atoms with van der Waals surface area (Å²) in [5.41, 5.74) is 0.814. The number of hydrogen-bond donors (Lipinski definition) is 1. The number of piperidine rings is 1. The minimum atomic E-state index is -0.416. The molecule has 0 saturated carbocycles. The van der Waals surface area contributed by atoms with Crippen molar-refractivity contribution in [1.82, 2.24) is 10.2 Å². The molecule has 6 nitrogen and oxygen atoms in total. The average Bonchev–Trinajstić information content (AvgIpc) is 2.60.